The number of rotatable bonds is 6. The van der Waals surface area contributed by atoms with Crippen molar-refractivity contribution in [3.05, 3.63) is 42.2 Å². The molecule has 0 radical (unpaired) electrons. The fourth-order valence-corrected chi connectivity index (χ4v) is 2.08. The van der Waals surface area contributed by atoms with Gasteiger partial charge >= 0.3 is 0 Å². The van der Waals surface area contributed by atoms with Gasteiger partial charge in [-0.2, -0.15) is 0 Å². The molecular formula is C18H23N5O2. The molecule has 0 spiro atoms. The minimum absolute atomic E-state index is 0.0134. The van der Waals surface area contributed by atoms with Gasteiger partial charge in [-0.05, 0) is 43.2 Å². The maximum absolute atomic E-state index is 11.9. The molecule has 0 saturated carbocycles. The molecule has 0 fully saturated rings. The zero-order chi connectivity index (χ0) is 18.4. The highest BCUT2D eigenvalue weighted by molar-refractivity contribution is 5.95. The van der Waals surface area contributed by atoms with Crippen LogP contribution in [0.5, 0.6) is 0 Å². The van der Waals surface area contributed by atoms with Gasteiger partial charge in [-0.25, -0.2) is 9.97 Å². The molecule has 0 aliphatic heterocycles. The third-order valence-corrected chi connectivity index (χ3v) is 3.67. The van der Waals surface area contributed by atoms with Crippen LogP contribution in [0.25, 0.3) is 11.4 Å². The normalized spacial score (nSPS) is 11.9. The van der Waals surface area contributed by atoms with Gasteiger partial charge in [0.25, 0.3) is 0 Å². The van der Waals surface area contributed by atoms with E-state index in [4.69, 9.17) is 5.73 Å². The largest absolute Gasteiger partial charge is 0.346 e. The monoisotopic (exact) mass is 341 g/mol. The Morgan fingerprint density at radius 3 is 2.44 bits per heavy atom. The summed E-state index contributed by atoms with van der Waals surface area (Å²) in [6.45, 7) is 5.48. The Hall–Kier alpha value is -2.80. The maximum atomic E-state index is 11.9. The molecule has 132 valence electrons. The molecule has 2 rings (SSSR count). The number of carbonyl (C=O) groups excluding carboxylic acids is 2. The fourth-order valence-electron chi connectivity index (χ4n) is 2.08. The lowest BCUT2D eigenvalue weighted by Gasteiger charge is -2.15. The number of nitrogens with zero attached hydrogens (tertiary/aromatic N) is 2. The summed E-state index contributed by atoms with van der Waals surface area (Å²) in [5.74, 6) is -0.00628. The minimum atomic E-state index is -0.624. The number of benzene rings is 1. The van der Waals surface area contributed by atoms with E-state index in [9.17, 15) is 9.59 Å². The van der Waals surface area contributed by atoms with Crippen molar-refractivity contribution in [3.8, 4) is 11.4 Å². The molecule has 1 atom stereocenters. The standard InChI is InChI=1S/C18H23N5O2/c1-11(2)16(19)18(25)21-10-15(24)23-14-6-4-13(5-7-14)17-20-9-8-12(3)22-17/h4-9,11,16H,10,19H2,1-3H3,(H,21,25)(H,23,24)/t16-/m0/s1. The number of aromatic nitrogens is 2. The lowest BCUT2D eigenvalue weighted by Crippen LogP contribution is -2.46. The van der Waals surface area contributed by atoms with Gasteiger partial charge < -0.3 is 16.4 Å². The van der Waals surface area contributed by atoms with Crippen molar-refractivity contribution in [1.29, 1.82) is 0 Å². The van der Waals surface area contributed by atoms with Crippen molar-refractivity contribution in [1.82, 2.24) is 15.3 Å². The Morgan fingerprint density at radius 2 is 1.84 bits per heavy atom. The van der Waals surface area contributed by atoms with Gasteiger partial charge in [0, 0.05) is 23.1 Å². The van der Waals surface area contributed by atoms with E-state index in [-0.39, 0.29) is 24.3 Å². The molecule has 0 bridgehead atoms. The maximum Gasteiger partial charge on any atom is 0.243 e. The highest BCUT2D eigenvalue weighted by atomic mass is 16.2. The van der Waals surface area contributed by atoms with Crippen LogP contribution >= 0.6 is 0 Å². The number of carbonyl (C=O) groups is 2. The van der Waals surface area contributed by atoms with Crippen LogP contribution in [-0.2, 0) is 9.59 Å². The Labute approximate surface area is 147 Å². The van der Waals surface area contributed by atoms with Gasteiger partial charge in [0.2, 0.25) is 11.8 Å². The predicted molar refractivity (Wildman–Crippen MR) is 96.7 cm³/mol. The molecule has 0 aliphatic rings. The summed E-state index contributed by atoms with van der Waals surface area (Å²) in [4.78, 5) is 32.2. The third kappa shape index (κ3) is 5.36. The van der Waals surface area contributed by atoms with E-state index in [1.165, 1.54) is 0 Å². The van der Waals surface area contributed by atoms with Gasteiger partial charge in [0.15, 0.2) is 5.82 Å². The molecule has 0 unspecified atom stereocenters. The van der Waals surface area contributed by atoms with Crippen molar-refractivity contribution in [3.63, 3.8) is 0 Å². The number of aryl methyl sites for hydroxylation is 1. The lowest BCUT2D eigenvalue weighted by atomic mass is 10.1. The van der Waals surface area contributed by atoms with E-state index in [1.807, 2.05) is 39.0 Å². The van der Waals surface area contributed by atoms with E-state index >= 15 is 0 Å². The smallest absolute Gasteiger partial charge is 0.243 e. The summed E-state index contributed by atoms with van der Waals surface area (Å²) < 4.78 is 0. The van der Waals surface area contributed by atoms with Crippen LogP contribution in [-0.4, -0.2) is 34.4 Å². The van der Waals surface area contributed by atoms with Gasteiger partial charge in [-0.1, -0.05) is 13.8 Å². The van der Waals surface area contributed by atoms with Crippen LogP contribution in [0.3, 0.4) is 0 Å². The highest BCUT2D eigenvalue weighted by Crippen LogP contribution is 2.17. The first-order chi connectivity index (χ1) is 11.9. The molecule has 4 N–H and O–H groups in total. The van der Waals surface area contributed by atoms with Crippen LogP contribution < -0.4 is 16.4 Å². The second kappa shape index (κ2) is 8.34. The van der Waals surface area contributed by atoms with Crippen LogP contribution in [0.15, 0.2) is 36.5 Å². The first-order valence-corrected chi connectivity index (χ1v) is 8.10. The molecule has 2 amide bonds. The molecule has 7 nitrogen and oxygen atoms in total. The third-order valence-electron chi connectivity index (χ3n) is 3.67. The predicted octanol–water partition coefficient (Wildman–Crippen LogP) is 1.49. The van der Waals surface area contributed by atoms with Crippen LogP contribution in [0.1, 0.15) is 19.5 Å². The van der Waals surface area contributed by atoms with Crippen molar-refractivity contribution >= 4 is 17.5 Å². The van der Waals surface area contributed by atoms with Crippen LogP contribution in [0.2, 0.25) is 0 Å². The molecule has 0 saturated heterocycles. The lowest BCUT2D eigenvalue weighted by molar-refractivity contribution is -0.125. The summed E-state index contributed by atoms with van der Waals surface area (Å²) in [5.41, 5.74) is 8.10. The average molecular weight is 341 g/mol. The summed E-state index contributed by atoms with van der Waals surface area (Å²) in [6, 6.07) is 8.40. The molecular weight excluding hydrogens is 318 g/mol. The number of nitrogens with two attached hydrogens (primary N) is 1. The summed E-state index contributed by atoms with van der Waals surface area (Å²) in [7, 11) is 0. The number of anilines is 1. The van der Waals surface area contributed by atoms with Gasteiger partial charge in [-0.15, -0.1) is 0 Å². The first kappa shape index (κ1) is 18.5. The molecule has 1 aromatic carbocycles. The topological polar surface area (TPSA) is 110 Å². The van der Waals surface area contributed by atoms with Crippen LogP contribution in [0.4, 0.5) is 5.69 Å². The Balaban J connectivity index is 1.90. The van der Waals surface area contributed by atoms with Crippen molar-refractivity contribution < 1.29 is 9.59 Å². The molecule has 1 aromatic heterocycles. The molecule has 7 heteroatoms. The number of hydrogen-bond acceptors (Lipinski definition) is 5. The van der Waals surface area contributed by atoms with E-state index < -0.39 is 6.04 Å². The summed E-state index contributed by atoms with van der Waals surface area (Å²) >= 11 is 0. The molecule has 2 aromatic rings. The van der Waals surface area contributed by atoms with Gasteiger partial charge in [-0.3, -0.25) is 9.59 Å². The highest BCUT2D eigenvalue weighted by Gasteiger charge is 2.17. The Bertz CT molecular complexity index is 743. The van der Waals surface area contributed by atoms with Crippen molar-refractivity contribution in [2.24, 2.45) is 11.7 Å². The zero-order valence-electron chi connectivity index (χ0n) is 14.6. The number of amides is 2. The molecule has 25 heavy (non-hydrogen) atoms. The van der Waals surface area contributed by atoms with Crippen molar-refractivity contribution in [2.45, 2.75) is 26.8 Å². The van der Waals surface area contributed by atoms with Crippen molar-refractivity contribution in [2.75, 3.05) is 11.9 Å². The average Bonchev–Trinajstić information content (AvgIpc) is 2.59. The van der Waals surface area contributed by atoms with E-state index in [0.717, 1.165) is 11.3 Å². The van der Waals surface area contributed by atoms with Gasteiger partial charge in [0.1, 0.15) is 0 Å². The first-order valence-electron chi connectivity index (χ1n) is 8.10. The summed E-state index contributed by atoms with van der Waals surface area (Å²) in [6.07, 6.45) is 1.71. The second-order valence-corrected chi connectivity index (χ2v) is 6.13. The molecule has 1 heterocycles. The van der Waals surface area contributed by atoms with E-state index in [0.29, 0.717) is 11.5 Å². The summed E-state index contributed by atoms with van der Waals surface area (Å²) in [5, 5.41) is 5.25. The SMILES string of the molecule is Cc1ccnc(-c2ccc(NC(=O)CNC(=O)[C@@H](N)C(C)C)cc2)n1. The van der Waals surface area contributed by atoms with Crippen LogP contribution in [0, 0.1) is 12.8 Å². The van der Waals surface area contributed by atoms with Gasteiger partial charge in [0.05, 0.1) is 12.6 Å². The van der Waals surface area contributed by atoms with E-state index in [2.05, 4.69) is 20.6 Å². The number of hydrogen-bond donors (Lipinski definition) is 3. The zero-order valence-corrected chi connectivity index (χ0v) is 14.6. The molecule has 0 aliphatic carbocycles. The second-order valence-electron chi connectivity index (χ2n) is 6.13. The Morgan fingerprint density at radius 1 is 1.16 bits per heavy atom. The van der Waals surface area contributed by atoms with E-state index in [1.54, 1.807) is 18.3 Å². The Kier molecular flexibility index (Phi) is 6.19. The minimum Gasteiger partial charge on any atom is -0.346 e. The fraction of sp³-hybridized carbons (Fsp3) is 0.333. The number of nitrogens with one attached hydrogen (secondary N) is 2. The quantitative estimate of drug-likeness (QED) is 0.737.